The van der Waals surface area contributed by atoms with Gasteiger partial charge >= 0.3 is 5.97 Å². The average molecular weight is 565 g/mol. The summed E-state index contributed by atoms with van der Waals surface area (Å²) in [6, 6.07) is 15.4. The Balaban J connectivity index is 1.68. The third-order valence-electron chi connectivity index (χ3n) is 6.15. The van der Waals surface area contributed by atoms with E-state index in [1.165, 1.54) is 37.4 Å². The van der Waals surface area contributed by atoms with E-state index in [9.17, 15) is 18.3 Å². The van der Waals surface area contributed by atoms with Gasteiger partial charge in [-0.1, -0.05) is 35.3 Å². The number of hydrogen-bond donors (Lipinski definition) is 1. The third kappa shape index (κ3) is 6.50. The molecule has 3 aromatic carbocycles. The van der Waals surface area contributed by atoms with Crippen LogP contribution >= 0.6 is 23.2 Å². The number of aliphatic carboxylic acids is 1. The molecule has 1 N–H and O–H groups in total. The van der Waals surface area contributed by atoms with Crippen molar-refractivity contribution in [1.29, 1.82) is 0 Å². The molecule has 4 rings (SSSR count). The zero-order valence-electron chi connectivity index (χ0n) is 20.0. The minimum Gasteiger partial charge on any atom is -0.493 e. The first-order valence-electron chi connectivity index (χ1n) is 11.7. The van der Waals surface area contributed by atoms with E-state index in [2.05, 4.69) is 0 Å². The van der Waals surface area contributed by atoms with Gasteiger partial charge in [-0.25, -0.2) is 8.42 Å². The average Bonchev–Trinajstić information content (AvgIpc) is 3.38. The van der Waals surface area contributed by atoms with Gasteiger partial charge in [-0.15, -0.1) is 0 Å². The monoisotopic (exact) mass is 564 g/mol. The van der Waals surface area contributed by atoms with Crippen LogP contribution in [0.4, 0.5) is 0 Å². The zero-order chi connectivity index (χ0) is 26.6. The molecule has 0 aromatic heterocycles. The van der Waals surface area contributed by atoms with Crippen LogP contribution in [0.15, 0.2) is 65.6 Å². The van der Waals surface area contributed by atoms with Crippen LogP contribution in [0.2, 0.25) is 10.0 Å². The molecule has 3 aromatic rings. The molecule has 0 bridgehead atoms. The van der Waals surface area contributed by atoms with Crippen LogP contribution in [0.25, 0.3) is 0 Å². The highest BCUT2D eigenvalue weighted by atomic mass is 35.5. The first kappa shape index (κ1) is 27.1. The minimum atomic E-state index is -4.14. The van der Waals surface area contributed by atoms with Crippen molar-refractivity contribution in [3.8, 4) is 23.0 Å². The molecular formula is C27H26Cl2O7S. The van der Waals surface area contributed by atoms with Crippen molar-refractivity contribution in [2.75, 3.05) is 7.11 Å². The van der Waals surface area contributed by atoms with Crippen molar-refractivity contribution in [2.24, 2.45) is 0 Å². The second-order valence-electron chi connectivity index (χ2n) is 8.72. The molecule has 1 aliphatic carbocycles. The van der Waals surface area contributed by atoms with Crippen molar-refractivity contribution in [1.82, 2.24) is 0 Å². The van der Waals surface area contributed by atoms with E-state index < -0.39 is 27.5 Å². The molecule has 0 spiro atoms. The Bertz CT molecular complexity index is 1390. The maximum absolute atomic E-state index is 13.8. The number of sulfone groups is 1. The van der Waals surface area contributed by atoms with Gasteiger partial charge in [-0.3, -0.25) is 4.79 Å². The van der Waals surface area contributed by atoms with Crippen molar-refractivity contribution in [2.45, 2.75) is 48.4 Å². The molecule has 0 heterocycles. The fourth-order valence-corrected chi connectivity index (χ4v) is 6.31. The first-order chi connectivity index (χ1) is 17.7. The highest BCUT2D eigenvalue weighted by Gasteiger charge is 2.33. The Kier molecular flexibility index (Phi) is 8.52. The summed E-state index contributed by atoms with van der Waals surface area (Å²) in [4.78, 5) is 11.7. The lowest BCUT2D eigenvalue weighted by Gasteiger charge is -2.20. The molecule has 7 nitrogen and oxygen atoms in total. The van der Waals surface area contributed by atoms with Crippen molar-refractivity contribution in [3.63, 3.8) is 0 Å². The number of halogens is 2. The third-order valence-corrected chi connectivity index (χ3v) is 8.99. The number of carboxylic acids is 1. The summed E-state index contributed by atoms with van der Waals surface area (Å²) < 4.78 is 44.8. The normalized spacial score (nSPS) is 14.8. The summed E-state index contributed by atoms with van der Waals surface area (Å²) in [5, 5.41) is 8.88. The van der Waals surface area contributed by atoms with Gasteiger partial charge in [0.1, 0.15) is 16.7 Å². The predicted molar refractivity (Wildman–Crippen MR) is 141 cm³/mol. The number of rotatable bonds is 10. The maximum atomic E-state index is 13.8. The van der Waals surface area contributed by atoms with Crippen LogP contribution in [0.5, 0.6) is 23.0 Å². The van der Waals surface area contributed by atoms with E-state index in [1.54, 1.807) is 30.3 Å². The number of benzene rings is 3. The smallest absolute Gasteiger partial charge is 0.305 e. The Hall–Kier alpha value is -2.94. The molecule has 0 unspecified atom stereocenters. The Morgan fingerprint density at radius 1 is 0.973 bits per heavy atom. The number of ether oxygens (including phenoxy) is 3. The van der Waals surface area contributed by atoms with E-state index in [4.69, 9.17) is 37.4 Å². The molecule has 0 radical (unpaired) electrons. The predicted octanol–water partition coefficient (Wildman–Crippen LogP) is 7.11. The topological polar surface area (TPSA) is 99.1 Å². The molecule has 1 atom stereocenters. The summed E-state index contributed by atoms with van der Waals surface area (Å²) in [5.41, 5.74) is 0.272. The summed E-state index contributed by atoms with van der Waals surface area (Å²) in [6.45, 7) is 0. The van der Waals surface area contributed by atoms with E-state index in [-0.39, 0.29) is 16.6 Å². The van der Waals surface area contributed by atoms with Crippen molar-refractivity contribution < 1.29 is 32.5 Å². The van der Waals surface area contributed by atoms with Gasteiger partial charge in [-0.05, 0) is 67.6 Å². The molecule has 37 heavy (non-hydrogen) atoms. The summed E-state index contributed by atoms with van der Waals surface area (Å²) in [6.07, 6.45) is 3.21. The largest absolute Gasteiger partial charge is 0.493 e. The van der Waals surface area contributed by atoms with E-state index in [0.29, 0.717) is 33.0 Å². The molecule has 0 amide bonds. The number of hydrogen-bond acceptors (Lipinski definition) is 6. The van der Waals surface area contributed by atoms with E-state index in [1.807, 2.05) is 0 Å². The van der Waals surface area contributed by atoms with Gasteiger partial charge in [0.05, 0.1) is 34.6 Å². The highest BCUT2D eigenvalue weighted by Crippen LogP contribution is 2.39. The standard InChI is InChI=1S/C27H26Cl2O7S/c1-34-24-12-10-21(15-25(24)36-18-6-2-3-7-18)37(32,33)26(16-27(30)31)17-5-4-8-19(13-17)35-20-9-11-22(28)23(29)14-20/h4-5,8-15,18,26H,2-3,6-7,16H2,1H3,(H,30,31)/t26-/m0/s1. The van der Waals surface area contributed by atoms with Crippen LogP contribution in [0.3, 0.4) is 0 Å². The maximum Gasteiger partial charge on any atom is 0.305 e. The van der Waals surface area contributed by atoms with Crippen molar-refractivity contribution in [3.05, 3.63) is 76.3 Å². The minimum absolute atomic E-state index is 0.0168. The lowest BCUT2D eigenvalue weighted by Crippen LogP contribution is -2.18. The lowest BCUT2D eigenvalue weighted by molar-refractivity contribution is -0.137. The second kappa shape index (κ2) is 11.6. The van der Waals surface area contributed by atoms with Gasteiger partial charge in [0.2, 0.25) is 0 Å². The molecule has 1 fully saturated rings. The van der Waals surface area contributed by atoms with Gasteiger partial charge < -0.3 is 19.3 Å². The van der Waals surface area contributed by atoms with Crippen LogP contribution in [-0.2, 0) is 14.6 Å². The zero-order valence-corrected chi connectivity index (χ0v) is 22.4. The van der Waals surface area contributed by atoms with Crippen molar-refractivity contribution >= 4 is 39.0 Å². The Labute approximate surface area is 225 Å². The molecular weight excluding hydrogens is 539 g/mol. The van der Waals surface area contributed by atoms with Crippen LogP contribution in [-0.4, -0.2) is 32.7 Å². The summed E-state index contributed by atoms with van der Waals surface area (Å²) >= 11 is 12.0. The molecule has 0 saturated heterocycles. The van der Waals surface area contributed by atoms with E-state index >= 15 is 0 Å². The highest BCUT2D eigenvalue weighted by molar-refractivity contribution is 7.91. The Morgan fingerprint density at radius 2 is 1.70 bits per heavy atom. The van der Waals surface area contributed by atoms with Crippen LogP contribution < -0.4 is 14.2 Å². The van der Waals surface area contributed by atoms with Gasteiger partial charge in [0, 0.05) is 12.1 Å². The first-order valence-corrected chi connectivity index (χ1v) is 14.0. The number of methoxy groups -OCH3 is 1. The fourth-order valence-electron chi connectivity index (χ4n) is 4.30. The SMILES string of the molecule is COc1ccc(S(=O)(=O)[C@@H](CC(=O)O)c2cccc(Oc3ccc(Cl)c(Cl)c3)c2)cc1OC1CCCC1. The van der Waals surface area contributed by atoms with Gasteiger partial charge in [-0.2, -0.15) is 0 Å². The molecule has 196 valence electrons. The quantitative estimate of drug-likeness (QED) is 0.280. The Morgan fingerprint density at radius 3 is 2.38 bits per heavy atom. The second-order valence-corrected chi connectivity index (χ2v) is 11.7. The van der Waals surface area contributed by atoms with Crippen LogP contribution in [0, 0.1) is 0 Å². The molecule has 10 heteroatoms. The molecule has 1 saturated carbocycles. The summed E-state index contributed by atoms with van der Waals surface area (Å²) in [5.74, 6) is 0.203. The molecule has 0 aliphatic heterocycles. The van der Waals surface area contributed by atoms with Gasteiger partial charge in [0.25, 0.3) is 0 Å². The fraction of sp³-hybridized carbons (Fsp3) is 0.296. The molecule has 1 aliphatic rings. The summed E-state index contributed by atoms with van der Waals surface area (Å²) in [7, 11) is -2.66. The number of carbonyl (C=O) groups is 1. The lowest BCUT2D eigenvalue weighted by atomic mass is 10.1. The van der Waals surface area contributed by atoms with E-state index in [0.717, 1.165) is 25.7 Å². The number of carboxylic acid groups (broad SMARTS) is 1. The van der Waals surface area contributed by atoms with Gasteiger partial charge in [0.15, 0.2) is 21.3 Å². The van der Waals surface area contributed by atoms with Crippen LogP contribution in [0.1, 0.15) is 42.9 Å².